The number of carbonyl (C=O) groups is 1. The van der Waals surface area contributed by atoms with E-state index in [4.69, 9.17) is 9.47 Å². The minimum atomic E-state index is -4.42. The molecule has 41 heavy (non-hydrogen) atoms. The molecule has 0 saturated carbocycles. The Kier molecular flexibility index (Phi) is 8.03. The number of benzene rings is 4. The predicted molar refractivity (Wildman–Crippen MR) is 154 cm³/mol. The molecule has 1 atom stereocenters. The van der Waals surface area contributed by atoms with Gasteiger partial charge in [-0.2, -0.15) is 13.2 Å². The number of hydrogen-bond donors (Lipinski definition) is 2. The molecule has 0 aromatic heterocycles. The molecule has 2 N–H and O–H groups in total. The van der Waals surface area contributed by atoms with Crippen LogP contribution < -0.4 is 20.1 Å². The third kappa shape index (κ3) is 6.23. The molecule has 0 fully saturated rings. The minimum Gasteiger partial charge on any atom is -0.497 e. The molecule has 5 nitrogen and oxygen atoms in total. The second-order valence-electron chi connectivity index (χ2n) is 10.2. The molecule has 0 heterocycles. The highest BCUT2D eigenvalue weighted by Crippen LogP contribution is 2.34. The minimum absolute atomic E-state index is 0.231. The third-order valence-corrected chi connectivity index (χ3v) is 7.48. The molecular weight excluding hydrogens is 529 g/mol. The Morgan fingerprint density at radius 2 is 1.66 bits per heavy atom. The van der Waals surface area contributed by atoms with Crippen molar-refractivity contribution in [3.05, 3.63) is 112 Å². The lowest BCUT2D eigenvalue weighted by Gasteiger charge is -2.15. The molecule has 0 unspecified atom stereocenters. The molecule has 4 aromatic rings. The van der Waals surface area contributed by atoms with Crippen molar-refractivity contribution in [2.24, 2.45) is 0 Å². The summed E-state index contributed by atoms with van der Waals surface area (Å²) >= 11 is 0. The van der Waals surface area contributed by atoms with Crippen LogP contribution in [0.1, 0.15) is 38.2 Å². The van der Waals surface area contributed by atoms with Crippen LogP contribution >= 0.6 is 0 Å². The van der Waals surface area contributed by atoms with Crippen molar-refractivity contribution >= 4 is 11.6 Å². The van der Waals surface area contributed by atoms with Crippen LogP contribution in [0.15, 0.2) is 78.9 Å². The number of alkyl halides is 3. The number of hydrogen-bond acceptors (Lipinski definition) is 4. The molecule has 0 aliphatic heterocycles. The van der Waals surface area contributed by atoms with Crippen LogP contribution in [0.5, 0.6) is 11.5 Å². The van der Waals surface area contributed by atoms with Crippen molar-refractivity contribution < 1.29 is 27.4 Å². The zero-order chi connectivity index (χ0) is 29.1. The summed E-state index contributed by atoms with van der Waals surface area (Å²) in [5.41, 5.74) is 5.69. The maximum atomic E-state index is 13.4. The lowest BCUT2D eigenvalue weighted by atomic mass is 9.93. The van der Waals surface area contributed by atoms with Crippen LogP contribution in [0.4, 0.5) is 18.9 Å². The Morgan fingerprint density at radius 3 is 2.37 bits per heavy atom. The zero-order valence-corrected chi connectivity index (χ0v) is 23.1. The predicted octanol–water partition coefficient (Wildman–Crippen LogP) is 7.21. The van der Waals surface area contributed by atoms with Crippen LogP contribution in [0.3, 0.4) is 0 Å². The number of rotatable bonds is 8. The molecule has 1 aliphatic carbocycles. The van der Waals surface area contributed by atoms with Gasteiger partial charge in [-0.25, -0.2) is 0 Å². The maximum absolute atomic E-state index is 13.4. The molecule has 0 radical (unpaired) electrons. The number of anilines is 1. The highest BCUT2D eigenvalue weighted by Gasteiger charge is 2.30. The number of nitrogens with one attached hydrogen (secondary N) is 2. The van der Waals surface area contributed by atoms with Gasteiger partial charge in [0.2, 0.25) is 0 Å². The van der Waals surface area contributed by atoms with E-state index in [1.807, 2.05) is 49.4 Å². The molecule has 0 bridgehead atoms. The molecule has 5 rings (SSSR count). The van der Waals surface area contributed by atoms with Crippen LogP contribution in [0.25, 0.3) is 11.1 Å². The summed E-state index contributed by atoms with van der Waals surface area (Å²) in [6, 6.07) is 22.1. The van der Waals surface area contributed by atoms with Crippen LogP contribution in [0.2, 0.25) is 0 Å². The summed E-state index contributed by atoms with van der Waals surface area (Å²) in [4.78, 5) is 13.4. The fourth-order valence-corrected chi connectivity index (χ4v) is 5.38. The van der Waals surface area contributed by atoms with Gasteiger partial charge in [0.1, 0.15) is 11.5 Å². The van der Waals surface area contributed by atoms with Crippen molar-refractivity contribution in [3.8, 4) is 22.6 Å². The van der Waals surface area contributed by atoms with E-state index in [0.717, 1.165) is 53.2 Å². The average Bonchev–Trinajstić information content (AvgIpc) is 3.37. The van der Waals surface area contributed by atoms with E-state index in [1.165, 1.54) is 17.7 Å². The second-order valence-corrected chi connectivity index (χ2v) is 10.2. The normalized spacial score (nSPS) is 14.4. The van der Waals surface area contributed by atoms with E-state index in [-0.39, 0.29) is 11.9 Å². The summed E-state index contributed by atoms with van der Waals surface area (Å²) < 4.78 is 50.1. The van der Waals surface area contributed by atoms with E-state index in [2.05, 4.69) is 10.6 Å². The topological polar surface area (TPSA) is 59.6 Å². The van der Waals surface area contributed by atoms with E-state index >= 15 is 0 Å². The largest absolute Gasteiger partial charge is 0.497 e. The molecule has 8 heteroatoms. The number of carbonyl (C=O) groups excluding carboxylic acids is 1. The van der Waals surface area contributed by atoms with E-state index in [1.54, 1.807) is 26.4 Å². The van der Waals surface area contributed by atoms with Gasteiger partial charge in [-0.15, -0.1) is 0 Å². The van der Waals surface area contributed by atoms with Gasteiger partial charge in [0, 0.05) is 29.4 Å². The Balaban J connectivity index is 1.29. The molecule has 1 amide bonds. The first-order valence-electron chi connectivity index (χ1n) is 13.3. The average molecular weight is 561 g/mol. The number of methoxy groups -OCH3 is 2. The Hall–Kier alpha value is -4.30. The summed E-state index contributed by atoms with van der Waals surface area (Å²) in [6.45, 7) is 2.47. The Labute approximate surface area is 237 Å². The first-order chi connectivity index (χ1) is 19.7. The number of ether oxygens (including phenoxy) is 2. The van der Waals surface area contributed by atoms with Crippen molar-refractivity contribution in [2.45, 2.75) is 38.5 Å². The Morgan fingerprint density at radius 1 is 0.902 bits per heavy atom. The van der Waals surface area contributed by atoms with Gasteiger partial charge in [0.15, 0.2) is 0 Å². The van der Waals surface area contributed by atoms with E-state index < -0.39 is 11.7 Å². The summed E-state index contributed by atoms with van der Waals surface area (Å²) in [7, 11) is 3.29. The second kappa shape index (κ2) is 11.7. The van der Waals surface area contributed by atoms with Crippen molar-refractivity contribution in [1.29, 1.82) is 0 Å². The number of halogens is 3. The standard InChI is InChI=1S/C33H31F3N2O3/c1-20-5-4-6-29(31(20)21-7-10-25(11-8-21)33(34,35)36)32(39)38-26-12-9-22-15-27(17-23(22)16-26)37-19-24-18-28(40-2)13-14-30(24)41-3/h4-14,16,18,27,37H,15,17,19H2,1-3H3,(H,38,39)/t27-/m0/s1. The Bertz CT molecular complexity index is 1570. The molecule has 4 aromatic carbocycles. The monoisotopic (exact) mass is 560 g/mol. The van der Waals surface area contributed by atoms with E-state index in [0.29, 0.717) is 28.9 Å². The van der Waals surface area contributed by atoms with Crippen LogP contribution in [0, 0.1) is 6.92 Å². The molecular formula is C33H31F3N2O3. The van der Waals surface area contributed by atoms with Gasteiger partial charge >= 0.3 is 6.18 Å². The SMILES string of the molecule is COc1ccc(OC)c(CN[C@H]2Cc3ccc(NC(=O)c4cccc(C)c4-c4ccc(C(F)(F)F)cc4)cc3C2)c1. The lowest BCUT2D eigenvalue weighted by Crippen LogP contribution is -2.29. The smallest absolute Gasteiger partial charge is 0.416 e. The van der Waals surface area contributed by atoms with Crippen molar-refractivity contribution in [1.82, 2.24) is 5.32 Å². The highest BCUT2D eigenvalue weighted by atomic mass is 19.4. The summed E-state index contributed by atoms with van der Waals surface area (Å²) in [5, 5.41) is 6.60. The molecule has 0 spiro atoms. The van der Waals surface area contributed by atoms with Gasteiger partial charge in [-0.3, -0.25) is 4.79 Å². The summed E-state index contributed by atoms with van der Waals surface area (Å²) in [5.74, 6) is 1.25. The van der Waals surface area contributed by atoms with Gasteiger partial charge in [-0.1, -0.05) is 30.3 Å². The van der Waals surface area contributed by atoms with Gasteiger partial charge in [0.25, 0.3) is 5.91 Å². The fourth-order valence-electron chi connectivity index (χ4n) is 5.38. The zero-order valence-electron chi connectivity index (χ0n) is 23.1. The van der Waals surface area contributed by atoms with Gasteiger partial charge < -0.3 is 20.1 Å². The quantitative estimate of drug-likeness (QED) is 0.239. The maximum Gasteiger partial charge on any atom is 0.416 e. The van der Waals surface area contributed by atoms with Crippen molar-refractivity contribution in [2.75, 3.05) is 19.5 Å². The van der Waals surface area contributed by atoms with E-state index in [9.17, 15) is 18.0 Å². The first kappa shape index (κ1) is 28.2. The van der Waals surface area contributed by atoms with Gasteiger partial charge in [0.05, 0.1) is 19.8 Å². The third-order valence-electron chi connectivity index (χ3n) is 7.48. The van der Waals surface area contributed by atoms with Crippen LogP contribution in [-0.4, -0.2) is 26.2 Å². The summed E-state index contributed by atoms with van der Waals surface area (Å²) in [6.07, 6.45) is -2.74. The molecule has 212 valence electrons. The molecule has 0 saturated heterocycles. The first-order valence-corrected chi connectivity index (χ1v) is 13.3. The number of amides is 1. The number of aryl methyl sites for hydroxylation is 1. The fraction of sp³-hybridized carbons (Fsp3) is 0.242. The molecule has 1 aliphatic rings. The lowest BCUT2D eigenvalue weighted by molar-refractivity contribution is -0.137. The highest BCUT2D eigenvalue weighted by molar-refractivity contribution is 6.09. The number of fused-ring (bicyclic) bond motifs is 1. The van der Waals surface area contributed by atoms with Crippen molar-refractivity contribution in [3.63, 3.8) is 0 Å². The van der Waals surface area contributed by atoms with Gasteiger partial charge in [-0.05, 0) is 96.1 Å². The van der Waals surface area contributed by atoms with Crippen LogP contribution in [-0.2, 0) is 25.6 Å².